The highest BCUT2D eigenvalue weighted by Crippen LogP contribution is 2.20. The normalized spacial score (nSPS) is 11.1. The van der Waals surface area contributed by atoms with Gasteiger partial charge in [0.05, 0.1) is 17.2 Å². The summed E-state index contributed by atoms with van der Waals surface area (Å²) in [5.41, 5.74) is 3.16. The first kappa shape index (κ1) is 19.9. The summed E-state index contributed by atoms with van der Waals surface area (Å²) >= 11 is 0. The van der Waals surface area contributed by atoms with Crippen LogP contribution in [0.3, 0.4) is 0 Å². The largest absolute Gasteiger partial charge is 0.441 e. The Kier molecular flexibility index (Phi) is 6.23. The van der Waals surface area contributed by atoms with Gasteiger partial charge in [-0.25, -0.2) is 9.97 Å². The first-order chi connectivity index (χ1) is 14.7. The molecule has 0 fully saturated rings. The highest BCUT2D eigenvalue weighted by molar-refractivity contribution is 5.76. The van der Waals surface area contributed by atoms with Crippen LogP contribution in [0.25, 0.3) is 22.4 Å². The quantitative estimate of drug-likeness (QED) is 0.418. The molecule has 0 radical (unpaired) electrons. The summed E-state index contributed by atoms with van der Waals surface area (Å²) in [7, 11) is 0. The number of carbonyl (C=O) groups excluding carboxylic acids is 1. The lowest BCUT2D eigenvalue weighted by Gasteiger charge is -2.08. The van der Waals surface area contributed by atoms with Gasteiger partial charge in [-0.3, -0.25) is 4.79 Å². The molecular weight excluding hydrogens is 376 g/mol. The minimum atomic E-state index is 0.0667. The number of amides is 1. The van der Waals surface area contributed by atoms with Gasteiger partial charge in [0.1, 0.15) is 5.82 Å². The maximum absolute atomic E-state index is 12.1. The molecule has 154 valence electrons. The lowest BCUT2D eigenvalue weighted by Crippen LogP contribution is -2.25. The van der Waals surface area contributed by atoms with Crippen molar-refractivity contribution < 1.29 is 9.21 Å². The Labute approximate surface area is 176 Å². The summed E-state index contributed by atoms with van der Waals surface area (Å²) < 4.78 is 7.99. The number of nitrogens with zero attached hydrogens (tertiary/aromatic N) is 3. The SMILES string of the molecule is Cc1nc2ccccc2n1CCCNC(=O)CCCc1ncc(-c2ccccc2)o1. The van der Waals surface area contributed by atoms with E-state index in [1.807, 2.05) is 55.5 Å². The molecule has 4 rings (SSSR count). The van der Waals surface area contributed by atoms with Gasteiger partial charge in [-0.2, -0.15) is 0 Å². The van der Waals surface area contributed by atoms with E-state index in [4.69, 9.17) is 4.42 Å². The number of rotatable bonds is 9. The van der Waals surface area contributed by atoms with Crippen LogP contribution < -0.4 is 5.32 Å². The van der Waals surface area contributed by atoms with Gasteiger partial charge in [-0.15, -0.1) is 0 Å². The summed E-state index contributed by atoms with van der Waals surface area (Å²) in [6, 6.07) is 18.0. The summed E-state index contributed by atoms with van der Waals surface area (Å²) in [5, 5.41) is 3.01. The van der Waals surface area contributed by atoms with Crippen LogP contribution in [0.15, 0.2) is 65.2 Å². The number of hydrogen-bond acceptors (Lipinski definition) is 4. The molecule has 0 aliphatic heterocycles. The Bertz CT molecular complexity index is 1110. The van der Waals surface area contributed by atoms with Crippen molar-refractivity contribution in [3.8, 4) is 11.3 Å². The van der Waals surface area contributed by atoms with E-state index in [9.17, 15) is 4.79 Å². The van der Waals surface area contributed by atoms with Crippen molar-refractivity contribution in [1.29, 1.82) is 0 Å². The zero-order valence-corrected chi connectivity index (χ0v) is 17.2. The molecule has 1 N–H and O–H groups in total. The van der Waals surface area contributed by atoms with Gasteiger partial charge in [-0.1, -0.05) is 42.5 Å². The highest BCUT2D eigenvalue weighted by Gasteiger charge is 2.09. The maximum Gasteiger partial charge on any atom is 0.220 e. The van der Waals surface area contributed by atoms with Crippen LogP contribution in [0.4, 0.5) is 0 Å². The third kappa shape index (κ3) is 4.76. The first-order valence-electron chi connectivity index (χ1n) is 10.4. The summed E-state index contributed by atoms with van der Waals surface area (Å²) in [6.07, 6.45) is 4.45. The zero-order chi connectivity index (χ0) is 20.8. The standard InChI is InChI=1S/C24H26N4O2/c1-18-27-20-11-5-6-12-21(20)28(18)16-8-15-25-23(29)13-7-14-24-26-17-22(30-24)19-9-3-2-4-10-19/h2-6,9-12,17H,7-8,13-16H2,1H3,(H,25,29). The van der Waals surface area contributed by atoms with Gasteiger partial charge in [0, 0.05) is 31.5 Å². The molecule has 30 heavy (non-hydrogen) atoms. The molecule has 1 amide bonds. The monoisotopic (exact) mass is 402 g/mol. The van der Waals surface area contributed by atoms with Crippen LogP contribution in [-0.2, 0) is 17.8 Å². The second-order valence-electron chi connectivity index (χ2n) is 7.34. The van der Waals surface area contributed by atoms with Gasteiger partial charge >= 0.3 is 0 Å². The number of carbonyl (C=O) groups is 1. The van der Waals surface area contributed by atoms with E-state index in [1.54, 1.807) is 6.20 Å². The molecule has 2 aromatic carbocycles. The molecule has 0 saturated carbocycles. The van der Waals surface area contributed by atoms with Crippen LogP contribution in [0.2, 0.25) is 0 Å². The maximum atomic E-state index is 12.1. The van der Waals surface area contributed by atoms with Crippen molar-refractivity contribution >= 4 is 16.9 Å². The lowest BCUT2D eigenvalue weighted by atomic mass is 10.2. The summed E-state index contributed by atoms with van der Waals surface area (Å²) in [5.74, 6) is 2.50. The van der Waals surface area contributed by atoms with Gasteiger partial charge in [-0.05, 0) is 31.9 Å². The van der Waals surface area contributed by atoms with Crippen molar-refractivity contribution in [2.75, 3.05) is 6.54 Å². The molecule has 0 bridgehead atoms. The number of fused-ring (bicyclic) bond motifs is 1. The molecule has 0 aliphatic rings. The Balaban J connectivity index is 1.17. The average molecular weight is 402 g/mol. The number of oxazole rings is 1. The number of nitrogens with one attached hydrogen (secondary N) is 1. The smallest absolute Gasteiger partial charge is 0.220 e. The lowest BCUT2D eigenvalue weighted by molar-refractivity contribution is -0.121. The fraction of sp³-hybridized carbons (Fsp3) is 0.292. The van der Waals surface area contributed by atoms with E-state index >= 15 is 0 Å². The summed E-state index contributed by atoms with van der Waals surface area (Å²) in [6.45, 7) is 3.51. The number of benzene rings is 2. The van der Waals surface area contributed by atoms with Gasteiger partial charge in [0.25, 0.3) is 0 Å². The summed E-state index contributed by atoms with van der Waals surface area (Å²) in [4.78, 5) is 21.0. The van der Waals surface area contributed by atoms with Crippen molar-refractivity contribution in [1.82, 2.24) is 19.9 Å². The Morgan fingerprint density at radius 1 is 1.07 bits per heavy atom. The molecule has 0 aliphatic carbocycles. The second-order valence-corrected chi connectivity index (χ2v) is 7.34. The third-order valence-electron chi connectivity index (χ3n) is 5.13. The van der Waals surface area contributed by atoms with E-state index in [-0.39, 0.29) is 5.91 Å². The molecule has 0 saturated heterocycles. The van der Waals surface area contributed by atoms with Crippen LogP contribution in [0.1, 0.15) is 31.0 Å². The topological polar surface area (TPSA) is 73.0 Å². The minimum Gasteiger partial charge on any atom is -0.441 e. The van der Waals surface area contributed by atoms with Crippen molar-refractivity contribution in [3.05, 3.63) is 72.5 Å². The number of para-hydroxylation sites is 2. The number of imidazole rings is 1. The van der Waals surface area contributed by atoms with E-state index in [1.165, 1.54) is 0 Å². The van der Waals surface area contributed by atoms with Crippen LogP contribution >= 0.6 is 0 Å². The van der Waals surface area contributed by atoms with Crippen molar-refractivity contribution in [2.24, 2.45) is 0 Å². The molecule has 0 spiro atoms. The first-order valence-corrected chi connectivity index (χ1v) is 10.4. The van der Waals surface area contributed by atoms with Crippen molar-refractivity contribution in [2.45, 2.75) is 39.2 Å². The van der Waals surface area contributed by atoms with Gasteiger partial charge in [0.15, 0.2) is 11.7 Å². The van der Waals surface area contributed by atoms with E-state index in [2.05, 4.69) is 25.9 Å². The average Bonchev–Trinajstić information content (AvgIpc) is 3.36. The fourth-order valence-electron chi connectivity index (χ4n) is 3.59. The fourth-order valence-corrected chi connectivity index (χ4v) is 3.59. The van der Waals surface area contributed by atoms with E-state index in [0.717, 1.165) is 41.1 Å². The second kappa shape index (κ2) is 9.39. The van der Waals surface area contributed by atoms with Crippen molar-refractivity contribution in [3.63, 3.8) is 0 Å². The van der Waals surface area contributed by atoms with Gasteiger partial charge in [0.2, 0.25) is 5.91 Å². The Hall–Kier alpha value is -3.41. The Morgan fingerprint density at radius 2 is 1.87 bits per heavy atom. The predicted octanol–water partition coefficient (Wildman–Crippen LogP) is 4.53. The van der Waals surface area contributed by atoms with Crippen LogP contribution in [-0.4, -0.2) is 27.0 Å². The number of hydrogen-bond donors (Lipinski definition) is 1. The zero-order valence-electron chi connectivity index (χ0n) is 17.2. The third-order valence-corrected chi connectivity index (χ3v) is 5.13. The van der Waals surface area contributed by atoms with E-state index in [0.29, 0.717) is 31.7 Å². The van der Waals surface area contributed by atoms with Crippen LogP contribution in [0, 0.1) is 6.92 Å². The molecular formula is C24H26N4O2. The molecule has 6 heteroatoms. The molecule has 2 aromatic heterocycles. The molecule has 0 unspecified atom stereocenters. The molecule has 6 nitrogen and oxygen atoms in total. The minimum absolute atomic E-state index is 0.0667. The predicted molar refractivity (Wildman–Crippen MR) is 117 cm³/mol. The molecule has 4 aromatic rings. The molecule has 2 heterocycles. The number of aryl methyl sites for hydroxylation is 3. The molecule has 0 atom stereocenters. The van der Waals surface area contributed by atoms with Gasteiger partial charge < -0.3 is 14.3 Å². The Morgan fingerprint density at radius 3 is 2.73 bits per heavy atom. The highest BCUT2D eigenvalue weighted by atomic mass is 16.4. The van der Waals surface area contributed by atoms with Crippen LogP contribution in [0.5, 0.6) is 0 Å². The number of aromatic nitrogens is 3. The van der Waals surface area contributed by atoms with E-state index < -0.39 is 0 Å².